The number of aromatic amines is 1. The normalized spacial score (nSPS) is 11.2. The Balaban J connectivity index is 1.57. The number of aryl methyl sites for hydroxylation is 3. The summed E-state index contributed by atoms with van der Waals surface area (Å²) < 4.78 is 5.39. The van der Waals surface area contributed by atoms with Crippen LogP contribution in [0.5, 0.6) is 0 Å². The first-order chi connectivity index (χ1) is 13.5. The molecule has 0 aliphatic carbocycles. The van der Waals surface area contributed by atoms with Gasteiger partial charge in [0.15, 0.2) is 5.16 Å². The number of benzene rings is 2. The second-order valence-electron chi connectivity index (χ2n) is 7.09. The fourth-order valence-corrected chi connectivity index (χ4v) is 4.18. The number of imidazole rings is 1. The molecule has 0 bridgehead atoms. The highest BCUT2D eigenvalue weighted by molar-refractivity contribution is 7.98. The van der Waals surface area contributed by atoms with Gasteiger partial charge < -0.3 is 9.40 Å². The third-order valence-electron chi connectivity index (χ3n) is 4.99. The Kier molecular flexibility index (Phi) is 5.09. The molecule has 0 saturated heterocycles. The Morgan fingerprint density at radius 2 is 1.79 bits per heavy atom. The van der Waals surface area contributed by atoms with Crippen molar-refractivity contribution in [2.24, 2.45) is 0 Å². The first-order valence-corrected chi connectivity index (χ1v) is 10.2. The highest BCUT2D eigenvalue weighted by Crippen LogP contribution is 2.27. The molecule has 142 valence electrons. The lowest BCUT2D eigenvalue weighted by atomic mass is 10.0. The van der Waals surface area contributed by atoms with Crippen LogP contribution < -0.4 is 5.63 Å². The predicted octanol–water partition coefficient (Wildman–Crippen LogP) is 5.32. The molecule has 0 saturated carbocycles. The van der Waals surface area contributed by atoms with E-state index in [1.54, 1.807) is 17.8 Å². The number of hydrogen-bond donors (Lipinski definition) is 1. The molecular weight excluding hydrogens is 368 g/mol. The minimum Gasteiger partial charge on any atom is -0.423 e. The van der Waals surface area contributed by atoms with Crippen molar-refractivity contribution in [3.8, 4) is 0 Å². The van der Waals surface area contributed by atoms with Crippen LogP contribution >= 0.6 is 11.8 Å². The Morgan fingerprint density at radius 3 is 2.57 bits per heavy atom. The first-order valence-electron chi connectivity index (χ1n) is 9.26. The van der Waals surface area contributed by atoms with Crippen LogP contribution in [0.15, 0.2) is 62.9 Å². The number of hydrogen-bond acceptors (Lipinski definition) is 4. The summed E-state index contributed by atoms with van der Waals surface area (Å²) in [5, 5.41) is 1.86. The molecule has 5 heteroatoms. The number of H-pyrrole nitrogens is 1. The molecule has 0 unspecified atom stereocenters. The molecule has 0 radical (unpaired) electrons. The lowest BCUT2D eigenvalue weighted by molar-refractivity contribution is 0.559. The van der Waals surface area contributed by atoms with Gasteiger partial charge in [0.2, 0.25) is 0 Å². The molecule has 2 aromatic carbocycles. The van der Waals surface area contributed by atoms with E-state index in [0.717, 1.165) is 39.5 Å². The lowest BCUT2D eigenvalue weighted by Crippen LogP contribution is -2.00. The van der Waals surface area contributed by atoms with Crippen molar-refractivity contribution in [1.82, 2.24) is 9.97 Å². The smallest absolute Gasteiger partial charge is 0.336 e. The van der Waals surface area contributed by atoms with E-state index in [0.29, 0.717) is 11.3 Å². The molecule has 2 aromatic heterocycles. The van der Waals surface area contributed by atoms with Crippen molar-refractivity contribution in [3.63, 3.8) is 0 Å². The third kappa shape index (κ3) is 3.90. The van der Waals surface area contributed by atoms with Gasteiger partial charge in [0.1, 0.15) is 5.58 Å². The summed E-state index contributed by atoms with van der Waals surface area (Å²) in [6.07, 6.45) is 0.806. The van der Waals surface area contributed by atoms with Gasteiger partial charge in [-0.3, -0.25) is 0 Å². The van der Waals surface area contributed by atoms with Crippen molar-refractivity contribution >= 4 is 22.7 Å². The summed E-state index contributed by atoms with van der Waals surface area (Å²) in [5.41, 5.74) is 6.98. The number of thioether (sulfide) groups is 1. The topological polar surface area (TPSA) is 58.9 Å². The lowest BCUT2D eigenvalue weighted by Gasteiger charge is -2.07. The molecule has 28 heavy (non-hydrogen) atoms. The quantitative estimate of drug-likeness (QED) is 0.370. The van der Waals surface area contributed by atoms with Gasteiger partial charge in [0.25, 0.3) is 0 Å². The molecule has 0 atom stereocenters. The zero-order valence-electron chi connectivity index (χ0n) is 16.2. The van der Waals surface area contributed by atoms with E-state index >= 15 is 0 Å². The van der Waals surface area contributed by atoms with E-state index in [9.17, 15) is 4.79 Å². The van der Waals surface area contributed by atoms with Crippen LogP contribution in [-0.4, -0.2) is 9.97 Å². The van der Waals surface area contributed by atoms with E-state index in [1.807, 2.05) is 38.1 Å². The molecule has 0 aliphatic rings. The maximum atomic E-state index is 12.0. The largest absolute Gasteiger partial charge is 0.423 e. The maximum absolute atomic E-state index is 12.0. The zero-order valence-corrected chi connectivity index (χ0v) is 17.0. The fraction of sp³-hybridized carbons (Fsp3) is 0.217. The zero-order chi connectivity index (χ0) is 19.7. The fourth-order valence-electron chi connectivity index (χ4n) is 3.25. The third-order valence-corrected chi connectivity index (χ3v) is 5.91. The van der Waals surface area contributed by atoms with E-state index < -0.39 is 0 Å². The van der Waals surface area contributed by atoms with Gasteiger partial charge in [-0.25, -0.2) is 9.78 Å². The van der Waals surface area contributed by atoms with Crippen molar-refractivity contribution in [2.75, 3.05) is 0 Å². The standard InChI is InChI=1S/C23H22N2O2S/c1-14-9-19-18(12-22(26)27-21(19)10-15(14)2)13-28-23-24-16(3)20(25-23)11-17-7-5-4-6-8-17/h4-10,12H,11,13H2,1-3H3,(H,24,25). The van der Waals surface area contributed by atoms with Gasteiger partial charge in [0, 0.05) is 29.3 Å². The molecule has 4 rings (SSSR count). The highest BCUT2D eigenvalue weighted by Gasteiger charge is 2.11. The van der Waals surface area contributed by atoms with Crippen LogP contribution in [-0.2, 0) is 12.2 Å². The first kappa shape index (κ1) is 18.6. The predicted molar refractivity (Wildman–Crippen MR) is 114 cm³/mol. The number of nitrogens with one attached hydrogen (secondary N) is 1. The Bertz CT molecular complexity index is 1190. The minimum atomic E-state index is -0.313. The second kappa shape index (κ2) is 7.68. The summed E-state index contributed by atoms with van der Waals surface area (Å²) in [6, 6.07) is 16.0. The van der Waals surface area contributed by atoms with Gasteiger partial charge >= 0.3 is 5.63 Å². The highest BCUT2D eigenvalue weighted by atomic mass is 32.2. The van der Waals surface area contributed by atoms with Gasteiger partial charge in [-0.2, -0.15) is 0 Å². The number of aromatic nitrogens is 2. The summed E-state index contributed by atoms with van der Waals surface area (Å²) in [4.78, 5) is 20.1. The van der Waals surface area contributed by atoms with Gasteiger partial charge in [0.05, 0.1) is 5.69 Å². The molecule has 2 heterocycles. The van der Waals surface area contributed by atoms with Crippen LogP contribution in [0, 0.1) is 20.8 Å². The minimum absolute atomic E-state index is 0.313. The van der Waals surface area contributed by atoms with Crippen LogP contribution in [0.1, 0.15) is 33.6 Å². The van der Waals surface area contributed by atoms with E-state index in [1.165, 1.54) is 11.1 Å². The van der Waals surface area contributed by atoms with Crippen molar-refractivity contribution in [2.45, 2.75) is 38.1 Å². The van der Waals surface area contributed by atoms with E-state index in [4.69, 9.17) is 9.40 Å². The van der Waals surface area contributed by atoms with Crippen molar-refractivity contribution in [1.29, 1.82) is 0 Å². The van der Waals surface area contributed by atoms with Crippen LogP contribution in [0.3, 0.4) is 0 Å². The Hall–Kier alpha value is -2.79. The van der Waals surface area contributed by atoms with E-state index in [2.05, 4.69) is 30.1 Å². The summed E-state index contributed by atoms with van der Waals surface area (Å²) in [5.74, 6) is 0.655. The van der Waals surface area contributed by atoms with Crippen LogP contribution in [0.4, 0.5) is 0 Å². The Morgan fingerprint density at radius 1 is 1.04 bits per heavy atom. The molecule has 0 amide bonds. The summed E-state index contributed by atoms with van der Waals surface area (Å²) >= 11 is 1.61. The van der Waals surface area contributed by atoms with Crippen molar-refractivity contribution in [3.05, 3.63) is 92.6 Å². The van der Waals surface area contributed by atoms with Crippen LogP contribution in [0.2, 0.25) is 0 Å². The number of fused-ring (bicyclic) bond motifs is 1. The number of rotatable bonds is 5. The van der Waals surface area contributed by atoms with Crippen LogP contribution in [0.25, 0.3) is 11.0 Å². The molecule has 0 aliphatic heterocycles. The van der Waals surface area contributed by atoms with Gasteiger partial charge in [-0.05, 0) is 55.2 Å². The maximum Gasteiger partial charge on any atom is 0.336 e. The Labute approximate surface area is 168 Å². The molecule has 4 aromatic rings. The summed E-state index contributed by atoms with van der Waals surface area (Å²) in [6.45, 7) is 6.15. The monoisotopic (exact) mass is 390 g/mol. The molecule has 0 fully saturated rings. The van der Waals surface area contributed by atoms with Crippen molar-refractivity contribution < 1.29 is 4.42 Å². The molecule has 0 spiro atoms. The summed E-state index contributed by atoms with van der Waals surface area (Å²) in [7, 11) is 0. The molecular formula is C23H22N2O2S. The average molecular weight is 391 g/mol. The second-order valence-corrected chi connectivity index (χ2v) is 8.05. The van der Waals surface area contributed by atoms with Gasteiger partial charge in [-0.15, -0.1) is 0 Å². The number of nitrogens with zero attached hydrogens (tertiary/aromatic N) is 1. The SMILES string of the molecule is Cc1cc2oc(=O)cc(CSc3nc(Cc4ccccc4)c(C)[nH]3)c2cc1C. The van der Waals surface area contributed by atoms with E-state index in [-0.39, 0.29) is 5.63 Å². The molecule has 4 nitrogen and oxygen atoms in total. The average Bonchev–Trinajstić information content (AvgIpc) is 3.01. The molecule has 1 N–H and O–H groups in total. The van der Waals surface area contributed by atoms with Gasteiger partial charge in [-0.1, -0.05) is 42.1 Å².